The molecule has 0 atom stereocenters. The summed E-state index contributed by atoms with van der Waals surface area (Å²) >= 11 is 0. The summed E-state index contributed by atoms with van der Waals surface area (Å²) in [6.45, 7) is 1.81. The second kappa shape index (κ2) is 7.24. The van der Waals surface area contributed by atoms with Crippen LogP contribution in [0.5, 0.6) is 0 Å². The molecule has 2 saturated carbocycles. The van der Waals surface area contributed by atoms with Gasteiger partial charge in [0.15, 0.2) is 5.82 Å². The van der Waals surface area contributed by atoms with Crippen LogP contribution in [0.4, 0.5) is 0 Å². The van der Waals surface area contributed by atoms with Gasteiger partial charge in [-0.05, 0) is 36.5 Å². The van der Waals surface area contributed by atoms with Crippen molar-refractivity contribution in [1.29, 1.82) is 0 Å². The molecule has 0 bridgehead atoms. The molecule has 3 aliphatic rings. The van der Waals surface area contributed by atoms with E-state index < -0.39 is 0 Å². The Bertz CT molecular complexity index is 515. The maximum Gasteiger partial charge on any atom is 0.222 e. The van der Waals surface area contributed by atoms with Crippen molar-refractivity contribution < 1.29 is 9.32 Å². The minimum absolute atomic E-state index is 0.414. The maximum atomic E-state index is 12.8. The molecule has 1 aromatic rings. The summed E-state index contributed by atoms with van der Waals surface area (Å²) in [6.07, 6.45) is 13.4. The molecular formula is C19H29N3O2. The predicted molar refractivity (Wildman–Crippen MR) is 90.1 cm³/mol. The van der Waals surface area contributed by atoms with Gasteiger partial charge < -0.3 is 9.42 Å². The van der Waals surface area contributed by atoms with Crippen LogP contribution in [-0.4, -0.2) is 34.0 Å². The first-order valence-corrected chi connectivity index (χ1v) is 9.82. The Morgan fingerprint density at radius 3 is 2.29 bits per heavy atom. The van der Waals surface area contributed by atoms with Crippen LogP contribution in [0.2, 0.25) is 0 Å². The number of piperidine rings is 1. The summed E-state index contributed by atoms with van der Waals surface area (Å²) in [5.41, 5.74) is 0. The van der Waals surface area contributed by atoms with Gasteiger partial charge in [0, 0.05) is 25.9 Å². The third-order valence-corrected chi connectivity index (χ3v) is 6.77. The molecule has 1 amide bonds. The lowest BCUT2D eigenvalue weighted by Crippen LogP contribution is -2.42. The van der Waals surface area contributed by atoms with Crippen LogP contribution in [-0.2, 0) is 11.2 Å². The summed E-state index contributed by atoms with van der Waals surface area (Å²) in [7, 11) is 0. The molecule has 0 unspecified atom stereocenters. The first kappa shape index (κ1) is 16.1. The molecule has 4 rings (SSSR count). The summed E-state index contributed by atoms with van der Waals surface area (Å²) < 4.78 is 4.81. The van der Waals surface area contributed by atoms with Crippen LogP contribution < -0.4 is 0 Å². The largest absolute Gasteiger partial charge is 0.343 e. The van der Waals surface area contributed by atoms with Crippen molar-refractivity contribution in [1.82, 2.24) is 15.0 Å². The zero-order valence-corrected chi connectivity index (χ0v) is 14.5. The van der Waals surface area contributed by atoms with Gasteiger partial charge >= 0.3 is 0 Å². The molecule has 5 nitrogen and oxygen atoms in total. The van der Waals surface area contributed by atoms with E-state index in [-0.39, 0.29) is 0 Å². The number of carbonyl (C=O) groups is 1. The van der Waals surface area contributed by atoms with Crippen LogP contribution in [0, 0.1) is 23.7 Å². The molecule has 0 N–H and O–H groups in total. The molecule has 24 heavy (non-hydrogen) atoms. The number of aromatic nitrogens is 2. The van der Waals surface area contributed by atoms with Gasteiger partial charge in [-0.25, -0.2) is 0 Å². The monoisotopic (exact) mass is 331 g/mol. The molecule has 0 spiro atoms. The lowest BCUT2D eigenvalue weighted by atomic mass is 9.63. The highest BCUT2D eigenvalue weighted by Crippen LogP contribution is 2.46. The number of carbonyl (C=O) groups excluding carboxylic acids is 1. The van der Waals surface area contributed by atoms with Crippen molar-refractivity contribution in [2.75, 3.05) is 13.1 Å². The van der Waals surface area contributed by atoms with Gasteiger partial charge in [0.25, 0.3) is 0 Å². The van der Waals surface area contributed by atoms with Crippen LogP contribution >= 0.6 is 0 Å². The Morgan fingerprint density at radius 1 is 1.12 bits per heavy atom. The zero-order valence-electron chi connectivity index (χ0n) is 14.5. The highest BCUT2D eigenvalue weighted by atomic mass is 16.5. The summed E-state index contributed by atoms with van der Waals surface area (Å²) in [5, 5.41) is 3.91. The topological polar surface area (TPSA) is 59.2 Å². The fourth-order valence-corrected chi connectivity index (χ4v) is 4.71. The van der Waals surface area contributed by atoms with Crippen molar-refractivity contribution in [2.24, 2.45) is 23.7 Å². The van der Waals surface area contributed by atoms with Gasteiger partial charge in [0.2, 0.25) is 12.3 Å². The highest BCUT2D eigenvalue weighted by molar-refractivity contribution is 5.76. The van der Waals surface area contributed by atoms with Gasteiger partial charge in [-0.2, -0.15) is 4.98 Å². The SMILES string of the molecule is O=C(CC(C1CCC1)C1CCC1)N1CCC(Cc2ncon2)CC1. The second-order valence-corrected chi connectivity index (χ2v) is 8.13. The average molecular weight is 331 g/mol. The van der Waals surface area contributed by atoms with Gasteiger partial charge in [-0.3, -0.25) is 4.79 Å². The number of amides is 1. The van der Waals surface area contributed by atoms with E-state index in [1.807, 2.05) is 0 Å². The van der Waals surface area contributed by atoms with Crippen LogP contribution in [0.1, 0.15) is 63.6 Å². The van der Waals surface area contributed by atoms with E-state index in [4.69, 9.17) is 4.52 Å². The zero-order chi connectivity index (χ0) is 16.4. The second-order valence-electron chi connectivity index (χ2n) is 8.13. The van der Waals surface area contributed by atoms with E-state index in [9.17, 15) is 4.79 Å². The number of nitrogens with zero attached hydrogens (tertiary/aromatic N) is 3. The lowest BCUT2D eigenvalue weighted by molar-refractivity contribution is -0.135. The van der Waals surface area contributed by atoms with Gasteiger partial charge in [0.05, 0.1) is 0 Å². The van der Waals surface area contributed by atoms with E-state index in [1.165, 1.54) is 44.9 Å². The Labute approximate surface area is 144 Å². The fraction of sp³-hybridized carbons (Fsp3) is 0.842. The Morgan fingerprint density at radius 2 is 1.79 bits per heavy atom. The Hall–Kier alpha value is -1.39. The lowest BCUT2D eigenvalue weighted by Gasteiger charge is -2.43. The van der Waals surface area contributed by atoms with Crippen LogP contribution in [0.25, 0.3) is 0 Å². The number of hydrogen-bond donors (Lipinski definition) is 0. The number of hydrogen-bond acceptors (Lipinski definition) is 4. The first-order valence-electron chi connectivity index (χ1n) is 9.82. The van der Waals surface area contributed by atoms with E-state index in [1.54, 1.807) is 0 Å². The summed E-state index contributed by atoms with van der Waals surface area (Å²) in [4.78, 5) is 19.0. The first-order chi connectivity index (χ1) is 11.8. The summed E-state index contributed by atoms with van der Waals surface area (Å²) in [5.74, 6) is 4.16. The average Bonchev–Trinajstić information content (AvgIpc) is 2.97. The molecule has 132 valence electrons. The Kier molecular flexibility index (Phi) is 4.86. The molecule has 3 fully saturated rings. The molecular weight excluding hydrogens is 302 g/mol. The third kappa shape index (κ3) is 3.50. The van der Waals surface area contributed by atoms with E-state index in [0.29, 0.717) is 17.7 Å². The van der Waals surface area contributed by atoms with Crippen molar-refractivity contribution in [3.8, 4) is 0 Å². The highest BCUT2D eigenvalue weighted by Gasteiger charge is 2.38. The normalized spacial score (nSPS) is 23.3. The fourth-order valence-electron chi connectivity index (χ4n) is 4.71. The molecule has 0 aromatic carbocycles. The van der Waals surface area contributed by atoms with Gasteiger partial charge in [0.1, 0.15) is 0 Å². The molecule has 1 aromatic heterocycles. The Balaban J connectivity index is 1.26. The number of likely N-dealkylation sites (tertiary alicyclic amines) is 1. The quantitative estimate of drug-likeness (QED) is 0.801. The number of rotatable bonds is 6. The smallest absolute Gasteiger partial charge is 0.222 e. The summed E-state index contributed by atoms with van der Waals surface area (Å²) in [6, 6.07) is 0. The molecule has 2 aliphatic carbocycles. The van der Waals surface area contributed by atoms with Gasteiger partial charge in [-0.1, -0.05) is 43.7 Å². The predicted octanol–water partition coefficient (Wildman–Crippen LogP) is 3.46. The molecule has 1 saturated heterocycles. The van der Waals surface area contributed by atoms with Crippen LogP contribution in [0.3, 0.4) is 0 Å². The molecule has 2 heterocycles. The maximum absolute atomic E-state index is 12.8. The molecule has 5 heteroatoms. The standard InChI is InChI=1S/C19H29N3O2/c23-19(12-17(15-3-1-4-15)16-5-2-6-16)22-9-7-14(8-10-22)11-18-20-13-24-21-18/h13-17H,1-12H2. The molecule has 1 aliphatic heterocycles. The van der Waals surface area contributed by atoms with Crippen molar-refractivity contribution >= 4 is 5.91 Å². The van der Waals surface area contributed by atoms with E-state index in [0.717, 1.165) is 56.4 Å². The minimum atomic E-state index is 0.414. The molecule has 0 radical (unpaired) electrons. The van der Waals surface area contributed by atoms with Crippen LogP contribution in [0.15, 0.2) is 10.9 Å². The van der Waals surface area contributed by atoms with Gasteiger partial charge in [-0.15, -0.1) is 0 Å². The minimum Gasteiger partial charge on any atom is -0.343 e. The van der Waals surface area contributed by atoms with E-state index >= 15 is 0 Å². The van der Waals surface area contributed by atoms with Crippen molar-refractivity contribution in [3.05, 3.63) is 12.2 Å². The van der Waals surface area contributed by atoms with Crippen molar-refractivity contribution in [2.45, 2.75) is 64.2 Å². The third-order valence-electron chi connectivity index (χ3n) is 6.77. The van der Waals surface area contributed by atoms with Crippen molar-refractivity contribution in [3.63, 3.8) is 0 Å². The van der Waals surface area contributed by atoms with E-state index in [2.05, 4.69) is 15.0 Å².